The van der Waals surface area contributed by atoms with Gasteiger partial charge in [0.2, 0.25) is 5.82 Å². The zero-order chi connectivity index (χ0) is 15.4. The summed E-state index contributed by atoms with van der Waals surface area (Å²) in [7, 11) is 0. The van der Waals surface area contributed by atoms with Crippen molar-refractivity contribution in [3.05, 3.63) is 41.4 Å². The number of hydrogen-bond acceptors (Lipinski definition) is 6. The number of aromatic amines is 1. The zero-order valence-electron chi connectivity index (χ0n) is 10.1. The van der Waals surface area contributed by atoms with Crippen molar-refractivity contribution >= 4 is 17.2 Å². The Balaban J connectivity index is 2.38. The van der Waals surface area contributed by atoms with Crippen LogP contribution in [-0.2, 0) is 0 Å². The molecule has 0 aliphatic carbocycles. The molecule has 0 saturated carbocycles. The number of aromatic nitrogens is 4. The number of carbonyl (C=O) groups is 1. The summed E-state index contributed by atoms with van der Waals surface area (Å²) in [5, 5.41) is 32.8. The molecule has 0 unspecified atom stereocenters. The van der Waals surface area contributed by atoms with Gasteiger partial charge >= 0.3 is 5.97 Å². The lowest BCUT2D eigenvalue weighted by molar-refractivity contribution is 0.0697. The van der Waals surface area contributed by atoms with E-state index in [2.05, 4.69) is 25.9 Å². The number of H-pyrrole nitrogens is 1. The maximum absolute atomic E-state index is 13.2. The molecule has 1 aromatic heterocycles. The topological polar surface area (TPSA) is 128 Å². The number of nitriles is 1. The van der Waals surface area contributed by atoms with Gasteiger partial charge in [0.1, 0.15) is 11.6 Å². The van der Waals surface area contributed by atoms with E-state index in [1.54, 1.807) is 6.07 Å². The Labute approximate surface area is 115 Å². The number of carboxylic acids is 1. The average molecular weight is 292 g/mol. The van der Waals surface area contributed by atoms with E-state index in [1.165, 1.54) is 0 Å². The molecule has 0 aliphatic rings. The fourth-order valence-electron chi connectivity index (χ4n) is 1.42. The van der Waals surface area contributed by atoms with Crippen LogP contribution in [0.15, 0.2) is 18.3 Å². The number of benzene rings is 1. The highest BCUT2D eigenvalue weighted by atomic mass is 19.2. The summed E-state index contributed by atoms with van der Waals surface area (Å²) in [6.07, 6.45) is 1.06. The van der Waals surface area contributed by atoms with Gasteiger partial charge < -0.3 is 10.4 Å². The number of halogens is 2. The summed E-state index contributed by atoms with van der Waals surface area (Å²) in [5.74, 6) is -4.01. The molecule has 21 heavy (non-hydrogen) atoms. The molecule has 0 fully saturated rings. The third kappa shape index (κ3) is 2.98. The third-order valence-electron chi connectivity index (χ3n) is 2.37. The molecule has 0 radical (unpaired) electrons. The van der Waals surface area contributed by atoms with Gasteiger partial charge in [-0.1, -0.05) is 0 Å². The summed E-state index contributed by atoms with van der Waals surface area (Å²) >= 11 is 0. The lowest BCUT2D eigenvalue weighted by atomic mass is 10.1. The first-order valence-electron chi connectivity index (χ1n) is 5.36. The highest BCUT2D eigenvalue weighted by molar-refractivity contribution is 5.94. The van der Waals surface area contributed by atoms with Crippen LogP contribution in [0.3, 0.4) is 0 Å². The maximum Gasteiger partial charge on any atom is 0.337 e. The van der Waals surface area contributed by atoms with Gasteiger partial charge in [-0.3, -0.25) is 0 Å². The minimum atomic E-state index is -1.46. The van der Waals surface area contributed by atoms with Crippen molar-refractivity contribution in [2.45, 2.75) is 0 Å². The van der Waals surface area contributed by atoms with Crippen molar-refractivity contribution in [2.75, 3.05) is 5.32 Å². The molecule has 0 spiro atoms. The van der Waals surface area contributed by atoms with Crippen molar-refractivity contribution in [2.24, 2.45) is 0 Å². The molecule has 2 rings (SSSR count). The number of aromatic carboxylic acids is 1. The first kappa shape index (κ1) is 14.1. The monoisotopic (exact) mass is 292 g/mol. The Morgan fingerprint density at radius 1 is 1.43 bits per heavy atom. The van der Waals surface area contributed by atoms with Crippen molar-refractivity contribution in [1.29, 1.82) is 5.26 Å². The second-order valence-electron chi connectivity index (χ2n) is 3.67. The first-order valence-corrected chi connectivity index (χ1v) is 5.36. The summed E-state index contributed by atoms with van der Waals surface area (Å²) in [6.45, 7) is 0. The number of nitrogens with one attached hydrogen (secondary N) is 2. The quantitative estimate of drug-likeness (QED) is 0.721. The van der Waals surface area contributed by atoms with E-state index < -0.39 is 23.2 Å². The van der Waals surface area contributed by atoms with Crippen LogP contribution in [0.4, 0.5) is 14.5 Å². The largest absolute Gasteiger partial charge is 0.478 e. The Bertz CT molecular complexity index is 751. The predicted molar refractivity (Wildman–Crippen MR) is 64.7 cm³/mol. The van der Waals surface area contributed by atoms with Crippen LogP contribution in [0.5, 0.6) is 0 Å². The van der Waals surface area contributed by atoms with Crippen LogP contribution in [0.1, 0.15) is 16.2 Å². The molecule has 106 valence electrons. The molecule has 0 saturated heterocycles. The average Bonchev–Trinajstić information content (AvgIpc) is 2.96. The van der Waals surface area contributed by atoms with Crippen LogP contribution in [0, 0.1) is 23.0 Å². The molecule has 1 aromatic carbocycles. The van der Waals surface area contributed by atoms with E-state index in [4.69, 9.17) is 10.4 Å². The second kappa shape index (κ2) is 5.74. The molecule has 0 atom stereocenters. The Morgan fingerprint density at radius 3 is 2.71 bits per heavy atom. The van der Waals surface area contributed by atoms with Gasteiger partial charge in [-0.15, -0.1) is 10.2 Å². The number of nitrogens with zero attached hydrogens (tertiary/aromatic N) is 4. The van der Waals surface area contributed by atoms with Gasteiger partial charge in [-0.25, -0.2) is 13.6 Å². The molecular formula is C11H6F2N6O2. The zero-order valence-corrected chi connectivity index (χ0v) is 10.1. The molecule has 2 aromatic rings. The van der Waals surface area contributed by atoms with Gasteiger partial charge in [-0.2, -0.15) is 10.5 Å². The smallest absolute Gasteiger partial charge is 0.337 e. The van der Waals surface area contributed by atoms with Gasteiger partial charge in [0.15, 0.2) is 11.6 Å². The van der Waals surface area contributed by atoms with Crippen LogP contribution in [0.2, 0.25) is 0 Å². The van der Waals surface area contributed by atoms with E-state index in [1.807, 2.05) is 0 Å². The fraction of sp³-hybridized carbons (Fsp3) is 0. The van der Waals surface area contributed by atoms with Crippen molar-refractivity contribution < 1.29 is 18.7 Å². The molecule has 8 nitrogen and oxygen atoms in total. The molecule has 0 bridgehead atoms. The number of rotatable bonds is 4. The number of hydrogen-bond donors (Lipinski definition) is 3. The number of anilines is 1. The highest BCUT2D eigenvalue weighted by Crippen LogP contribution is 2.21. The van der Waals surface area contributed by atoms with Crippen molar-refractivity contribution in [1.82, 2.24) is 20.6 Å². The standard InChI is InChI=1S/C11H6F2N6O2/c12-7-1-6(11(20)21)9(2-8(7)13)15-4-5(3-14)10-16-18-19-17-10/h1-2,4,15H,(H,20,21)(H,16,17,18,19). The lowest BCUT2D eigenvalue weighted by Gasteiger charge is -2.06. The van der Waals surface area contributed by atoms with Gasteiger partial charge in [-0.05, 0) is 11.3 Å². The molecular weight excluding hydrogens is 286 g/mol. The Morgan fingerprint density at radius 2 is 2.14 bits per heavy atom. The van der Waals surface area contributed by atoms with Crippen LogP contribution in [0.25, 0.3) is 5.57 Å². The summed E-state index contributed by atoms with van der Waals surface area (Å²) in [5.41, 5.74) is -0.794. The number of allylic oxidation sites excluding steroid dienone is 1. The predicted octanol–water partition coefficient (Wildman–Crippen LogP) is 1.15. The van der Waals surface area contributed by atoms with Crippen LogP contribution < -0.4 is 5.32 Å². The van der Waals surface area contributed by atoms with Crippen LogP contribution >= 0.6 is 0 Å². The number of tetrazole rings is 1. The maximum atomic E-state index is 13.2. The normalized spacial score (nSPS) is 11.0. The highest BCUT2D eigenvalue weighted by Gasteiger charge is 2.15. The third-order valence-corrected chi connectivity index (χ3v) is 2.37. The van der Waals surface area contributed by atoms with E-state index in [0.29, 0.717) is 12.1 Å². The molecule has 3 N–H and O–H groups in total. The Hall–Kier alpha value is -3.35. The Kier molecular flexibility index (Phi) is 3.85. The van der Waals surface area contributed by atoms with Gasteiger partial charge in [0.05, 0.1) is 11.3 Å². The SMILES string of the molecule is N#CC(=CNc1cc(F)c(F)cc1C(=O)O)c1nn[nH]n1. The van der Waals surface area contributed by atoms with E-state index >= 15 is 0 Å². The first-order chi connectivity index (χ1) is 10.0. The molecule has 0 aliphatic heterocycles. The van der Waals surface area contributed by atoms with Crippen molar-refractivity contribution in [3.8, 4) is 6.07 Å². The fourth-order valence-corrected chi connectivity index (χ4v) is 1.42. The summed E-state index contributed by atoms with van der Waals surface area (Å²) in [6, 6.07) is 2.95. The molecule has 1 heterocycles. The molecule has 10 heteroatoms. The summed E-state index contributed by atoms with van der Waals surface area (Å²) in [4.78, 5) is 11.0. The van der Waals surface area contributed by atoms with Gasteiger partial charge in [0.25, 0.3) is 0 Å². The van der Waals surface area contributed by atoms with E-state index in [-0.39, 0.29) is 17.1 Å². The molecule has 0 amide bonds. The van der Waals surface area contributed by atoms with Crippen molar-refractivity contribution in [3.63, 3.8) is 0 Å². The van der Waals surface area contributed by atoms with E-state index in [9.17, 15) is 13.6 Å². The summed E-state index contributed by atoms with van der Waals surface area (Å²) < 4.78 is 26.2. The van der Waals surface area contributed by atoms with Gasteiger partial charge in [0, 0.05) is 12.3 Å². The number of carboxylic acid groups (broad SMARTS) is 1. The minimum Gasteiger partial charge on any atom is -0.478 e. The second-order valence-corrected chi connectivity index (χ2v) is 3.67. The van der Waals surface area contributed by atoms with Crippen LogP contribution in [-0.4, -0.2) is 31.7 Å². The van der Waals surface area contributed by atoms with E-state index in [0.717, 1.165) is 6.20 Å². The lowest BCUT2D eigenvalue weighted by Crippen LogP contribution is -2.05. The minimum absolute atomic E-state index is 0.0375.